The van der Waals surface area contributed by atoms with Gasteiger partial charge in [0.05, 0.1) is 6.42 Å². The molecular formula is C5H8ClF3. The Kier molecular flexibility index (Phi) is 3.33. The van der Waals surface area contributed by atoms with Crippen LogP contribution in [-0.4, -0.2) is 11.6 Å². The van der Waals surface area contributed by atoms with Crippen LogP contribution in [0.2, 0.25) is 0 Å². The summed E-state index contributed by atoms with van der Waals surface area (Å²) in [6.07, 6.45) is -4.63. The van der Waals surface area contributed by atoms with Gasteiger partial charge in [-0.05, 0) is 6.42 Å². The fraction of sp³-hybridized carbons (Fsp3) is 1.00. The molecule has 0 rings (SSSR count). The fourth-order valence-corrected chi connectivity index (χ4v) is 0.570. The second-order valence-corrected chi connectivity index (χ2v) is 2.44. The van der Waals surface area contributed by atoms with Crippen LogP contribution >= 0.6 is 11.6 Å². The lowest BCUT2D eigenvalue weighted by Gasteiger charge is -2.08. The monoisotopic (exact) mass is 160 g/mol. The van der Waals surface area contributed by atoms with E-state index in [4.69, 9.17) is 11.6 Å². The SMILES string of the molecule is CCC(Cl)CC(F)(F)F. The Morgan fingerprint density at radius 2 is 1.89 bits per heavy atom. The molecule has 9 heavy (non-hydrogen) atoms. The molecule has 0 radical (unpaired) electrons. The van der Waals surface area contributed by atoms with Crippen LogP contribution in [0.3, 0.4) is 0 Å². The second-order valence-electron chi connectivity index (χ2n) is 1.82. The fourth-order valence-electron chi connectivity index (χ4n) is 0.395. The van der Waals surface area contributed by atoms with Crippen molar-refractivity contribution in [3.8, 4) is 0 Å². The normalized spacial score (nSPS) is 15.7. The van der Waals surface area contributed by atoms with Crippen molar-refractivity contribution in [2.75, 3.05) is 0 Å². The largest absolute Gasteiger partial charge is 0.390 e. The van der Waals surface area contributed by atoms with Gasteiger partial charge in [-0.15, -0.1) is 11.6 Å². The molecule has 0 nitrogen and oxygen atoms in total. The van der Waals surface area contributed by atoms with Gasteiger partial charge >= 0.3 is 6.18 Å². The predicted molar refractivity (Wildman–Crippen MR) is 30.6 cm³/mol. The van der Waals surface area contributed by atoms with Gasteiger partial charge in [0.25, 0.3) is 0 Å². The highest BCUT2D eigenvalue weighted by atomic mass is 35.5. The van der Waals surface area contributed by atoms with E-state index in [1.54, 1.807) is 6.92 Å². The molecule has 0 fully saturated rings. The van der Waals surface area contributed by atoms with E-state index in [-0.39, 0.29) is 0 Å². The molecule has 0 amide bonds. The first-order valence-electron chi connectivity index (χ1n) is 2.66. The van der Waals surface area contributed by atoms with Gasteiger partial charge in [-0.3, -0.25) is 0 Å². The Hall–Kier alpha value is 0.0800. The molecule has 56 valence electrons. The van der Waals surface area contributed by atoms with Crippen molar-refractivity contribution in [3.63, 3.8) is 0 Å². The van der Waals surface area contributed by atoms with Crippen LogP contribution in [0.15, 0.2) is 0 Å². The average molecular weight is 161 g/mol. The molecule has 0 aromatic carbocycles. The molecule has 0 aliphatic heterocycles. The smallest absolute Gasteiger partial charge is 0.171 e. The van der Waals surface area contributed by atoms with Gasteiger partial charge in [-0.1, -0.05) is 6.92 Å². The van der Waals surface area contributed by atoms with Gasteiger partial charge in [0.15, 0.2) is 0 Å². The lowest BCUT2D eigenvalue weighted by molar-refractivity contribution is -0.134. The number of alkyl halides is 4. The van der Waals surface area contributed by atoms with Gasteiger partial charge in [-0.25, -0.2) is 0 Å². The number of halogens is 4. The van der Waals surface area contributed by atoms with E-state index in [2.05, 4.69) is 0 Å². The van der Waals surface area contributed by atoms with Gasteiger partial charge < -0.3 is 0 Å². The third-order valence-electron chi connectivity index (χ3n) is 0.896. The molecule has 1 atom stereocenters. The summed E-state index contributed by atoms with van der Waals surface area (Å²) in [7, 11) is 0. The van der Waals surface area contributed by atoms with E-state index < -0.39 is 18.0 Å². The molecule has 0 saturated carbocycles. The summed E-state index contributed by atoms with van der Waals surface area (Å²) in [6, 6.07) is 0. The Labute approximate surface area is 57.0 Å². The van der Waals surface area contributed by atoms with Crippen LogP contribution in [-0.2, 0) is 0 Å². The second kappa shape index (κ2) is 3.30. The van der Waals surface area contributed by atoms with Crippen molar-refractivity contribution in [3.05, 3.63) is 0 Å². The minimum atomic E-state index is -4.11. The maximum Gasteiger partial charge on any atom is 0.390 e. The molecule has 0 aliphatic rings. The van der Waals surface area contributed by atoms with Crippen LogP contribution in [0, 0.1) is 0 Å². The lowest BCUT2D eigenvalue weighted by atomic mass is 10.2. The van der Waals surface area contributed by atoms with Gasteiger partial charge in [0.1, 0.15) is 0 Å². The van der Waals surface area contributed by atoms with E-state index in [0.29, 0.717) is 6.42 Å². The van der Waals surface area contributed by atoms with Crippen molar-refractivity contribution in [2.45, 2.75) is 31.3 Å². The zero-order valence-electron chi connectivity index (χ0n) is 5.00. The van der Waals surface area contributed by atoms with E-state index in [1.165, 1.54) is 0 Å². The summed E-state index contributed by atoms with van der Waals surface area (Å²) >= 11 is 5.23. The molecular weight excluding hydrogens is 153 g/mol. The highest BCUT2D eigenvalue weighted by Gasteiger charge is 2.29. The van der Waals surface area contributed by atoms with Gasteiger partial charge in [-0.2, -0.15) is 13.2 Å². The van der Waals surface area contributed by atoms with E-state index >= 15 is 0 Å². The predicted octanol–water partition coefficient (Wildman–Crippen LogP) is 2.96. The van der Waals surface area contributed by atoms with E-state index in [0.717, 1.165) is 0 Å². The Bertz CT molecular complexity index is 78.8. The summed E-state index contributed by atoms with van der Waals surface area (Å²) in [5.74, 6) is 0. The van der Waals surface area contributed by atoms with Crippen molar-refractivity contribution < 1.29 is 13.2 Å². The zero-order valence-corrected chi connectivity index (χ0v) is 5.76. The quantitative estimate of drug-likeness (QED) is 0.545. The van der Waals surface area contributed by atoms with Gasteiger partial charge in [0.2, 0.25) is 0 Å². The summed E-state index contributed by atoms with van der Waals surface area (Å²) in [4.78, 5) is 0. The molecule has 0 N–H and O–H groups in total. The molecule has 0 saturated heterocycles. The van der Waals surface area contributed by atoms with Crippen molar-refractivity contribution in [2.24, 2.45) is 0 Å². The Balaban J connectivity index is 3.47. The van der Waals surface area contributed by atoms with E-state index in [9.17, 15) is 13.2 Å². The highest BCUT2D eigenvalue weighted by molar-refractivity contribution is 6.20. The standard InChI is InChI=1S/C5H8ClF3/c1-2-4(6)3-5(7,8)9/h4H,2-3H2,1H3. The molecule has 1 unspecified atom stereocenters. The van der Waals surface area contributed by atoms with Crippen LogP contribution in [0.1, 0.15) is 19.8 Å². The molecule has 0 aromatic heterocycles. The Morgan fingerprint density at radius 1 is 1.44 bits per heavy atom. The molecule has 0 spiro atoms. The molecule has 0 bridgehead atoms. The first kappa shape index (κ1) is 9.08. The molecule has 0 heterocycles. The number of hydrogen-bond acceptors (Lipinski definition) is 0. The van der Waals surface area contributed by atoms with Crippen molar-refractivity contribution >= 4 is 11.6 Å². The third kappa shape index (κ3) is 5.96. The van der Waals surface area contributed by atoms with Crippen LogP contribution in [0.25, 0.3) is 0 Å². The van der Waals surface area contributed by atoms with Crippen LogP contribution in [0.4, 0.5) is 13.2 Å². The summed E-state index contributed by atoms with van der Waals surface area (Å²) < 4.78 is 34.2. The Morgan fingerprint density at radius 3 is 2.00 bits per heavy atom. The maximum absolute atomic E-state index is 11.4. The number of hydrogen-bond donors (Lipinski definition) is 0. The maximum atomic E-state index is 11.4. The first-order valence-corrected chi connectivity index (χ1v) is 3.10. The first-order chi connectivity index (χ1) is 3.95. The third-order valence-corrected chi connectivity index (χ3v) is 1.36. The lowest BCUT2D eigenvalue weighted by Crippen LogP contribution is -2.14. The van der Waals surface area contributed by atoms with Crippen LogP contribution < -0.4 is 0 Å². The minimum absolute atomic E-state index is 0.362. The molecule has 0 aromatic rings. The van der Waals surface area contributed by atoms with Crippen LogP contribution in [0.5, 0.6) is 0 Å². The summed E-state index contributed by atoms with van der Waals surface area (Å²) in [6.45, 7) is 1.63. The van der Waals surface area contributed by atoms with E-state index in [1.807, 2.05) is 0 Å². The molecule has 0 aliphatic carbocycles. The van der Waals surface area contributed by atoms with Gasteiger partial charge in [0, 0.05) is 5.38 Å². The summed E-state index contributed by atoms with van der Waals surface area (Å²) in [5.41, 5.74) is 0. The number of rotatable bonds is 2. The zero-order chi connectivity index (χ0) is 7.49. The topological polar surface area (TPSA) is 0 Å². The molecule has 4 heteroatoms. The van der Waals surface area contributed by atoms with Crippen molar-refractivity contribution in [1.29, 1.82) is 0 Å². The minimum Gasteiger partial charge on any atom is -0.171 e. The summed E-state index contributed by atoms with van der Waals surface area (Å²) in [5, 5.41) is -0.759. The van der Waals surface area contributed by atoms with Crippen molar-refractivity contribution in [1.82, 2.24) is 0 Å². The average Bonchev–Trinajstić information content (AvgIpc) is 1.62. The highest BCUT2D eigenvalue weighted by Crippen LogP contribution is 2.25.